The van der Waals surface area contributed by atoms with Crippen molar-refractivity contribution in [3.8, 4) is 0 Å². The van der Waals surface area contributed by atoms with Crippen LogP contribution in [0.1, 0.15) is 5.56 Å². The smallest absolute Gasteiger partial charge is 0.321 e. The highest BCUT2D eigenvalue weighted by atomic mass is 19.4. The van der Waals surface area contributed by atoms with Gasteiger partial charge >= 0.3 is 70.6 Å². The second kappa shape index (κ2) is 9.40. The fourth-order valence-corrected chi connectivity index (χ4v) is 4.30. The zero-order valence-corrected chi connectivity index (χ0v) is 21.4. The number of hydrogen-bond acceptors (Lipinski definition) is 2. The summed E-state index contributed by atoms with van der Waals surface area (Å²) in [7, 11) is 0. The molecule has 2 aliphatic carbocycles. The summed E-state index contributed by atoms with van der Waals surface area (Å²) in [5.74, 6) is -86.8. The van der Waals surface area contributed by atoms with Crippen molar-refractivity contribution in [1.82, 2.24) is 0 Å². The predicted octanol–water partition coefficient (Wildman–Crippen LogP) is 7.67. The van der Waals surface area contributed by atoms with Crippen molar-refractivity contribution in [3.63, 3.8) is 0 Å². The van der Waals surface area contributed by atoms with E-state index >= 15 is 8.78 Å². The summed E-state index contributed by atoms with van der Waals surface area (Å²) in [6.07, 6.45) is 0. The van der Waals surface area contributed by atoms with Gasteiger partial charge in [0.1, 0.15) is 0 Å². The summed E-state index contributed by atoms with van der Waals surface area (Å²) in [5.41, 5.74) is -19.8. The molecule has 3 rings (SSSR count). The second-order valence-corrected chi connectivity index (χ2v) is 10.0. The third-order valence-electron chi connectivity index (χ3n) is 7.18. The normalized spacial score (nSPS) is 28.8. The Morgan fingerprint density at radius 3 is 0.915 bits per heavy atom. The van der Waals surface area contributed by atoms with Crippen molar-refractivity contribution < 1.29 is 106 Å². The Bertz CT molecular complexity index is 1440. The van der Waals surface area contributed by atoms with Crippen molar-refractivity contribution in [1.29, 1.82) is 0 Å². The predicted molar refractivity (Wildman–Crippen MR) is 106 cm³/mol. The van der Waals surface area contributed by atoms with Gasteiger partial charge in [0.15, 0.2) is 0 Å². The SMILES string of the molecule is Cc1ccc(NC(=O)C2(F)C(F)(F)C(F)(F)C(F)(F)C(F)(F)C2(F)F)c(NC(=O)C2(F)C(F)(F)C(F)(F)C(F)(F)C(F)(F)C2(F)F)c1. The Morgan fingerprint density at radius 2 is 0.638 bits per heavy atom. The first kappa shape index (κ1) is 38.1. The Hall–Kier alpha value is -3.38. The summed E-state index contributed by atoms with van der Waals surface area (Å²) in [5, 5.41) is 0.526. The molecule has 4 nitrogen and oxygen atoms in total. The number of rotatable bonds is 4. The Kier molecular flexibility index (Phi) is 7.61. The largest absolute Gasteiger partial charge is 0.384 e. The number of hydrogen-bond donors (Lipinski definition) is 2. The molecule has 0 atom stereocenters. The first-order chi connectivity index (χ1) is 20.4. The van der Waals surface area contributed by atoms with Crippen LogP contribution in [0.3, 0.4) is 0 Å². The molecule has 0 spiro atoms. The maximum atomic E-state index is 15.0. The number of anilines is 2. The molecule has 2 fully saturated rings. The molecule has 0 heterocycles. The van der Waals surface area contributed by atoms with Gasteiger partial charge in [0.25, 0.3) is 11.8 Å². The van der Waals surface area contributed by atoms with E-state index < -0.39 is 99.3 Å². The number of halogens is 22. The molecule has 0 radical (unpaired) electrons. The summed E-state index contributed by atoms with van der Waals surface area (Å²) in [6, 6.07) is 0.165. The topological polar surface area (TPSA) is 58.2 Å². The molecule has 2 saturated carbocycles. The van der Waals surface area contributed by atoms with Gasteiger partial charge in [-0.25, -0.2) is 8.78 Å². The first-order valence-electron chi connectivity index (χ1n) is 11.3. The van der Waals surface area contributed by atoms with Crippen LogP contribution < -0.4 is 10.6 Å². The fraction of sp³-hybridized carbons (Fsp3) is 0.619. The molecule has 2 amide bonds. The molecule has 1 aromatic carbocycles. The van der Waals surface area contributed by atoms with Crippen molar-refractivity contribution in [3.05, 3.63) is 23.8 Å². The monoisotopic (exact) mass is 738 g/mol. The average molecular weight is 738 g/mol. The van der Waals surface area contributed by atoms with Crippen LogP contribution >= 0.6 is 0 Å². The van der Waals surface area contributed by atoms with Crippen LogP contribution in [0.4, 0.5) is 108 Å². The van der Waals surface area contributed by atoms with Crippen LogP contribution in [-0.4, -0.2) is 82.4 Å². The third kappa shape index (κ3) is 3.71. The molecule has 2 N–H and O–H groups in total. The lowest BCUT2D eigenvalue weighted by atomic mass is 9.71. The van der Waals surface area contributed by atoms with E-state index in [1.165, 1.54) is 0 Å². The number of carbonyl (C=O) groups excluding carboxylic acids is 2. The van der Waals surface area contributed by atoms with E-state index in [0.29, 0.717) is 13.0 Å². The van der Waals surface area contributed by atoms with Gasteiger partial charge in [-0.1, -0.05) is 6.07 Å². The third-order valence-corrected chi connectivity index (χ3v) is 7.18. The average Bonchev–Trinajstić information content (AvgIpc) is 2.90. The van der Waals surface area contributed by atoms with Crippen molar-refractivity contribution >= 4 is 23.2 Å². The Balaban J connectivity index is 2.19. The molecule has 26 heteroatoms. The van der Waals surface area contributed by atoms with Crippen LogP contribution in [0.5, 0.6) is 0 Å². The molecule has 268 valence electrons. The number of benzene rings is 1. The van der Waals surface area contributed by atoms with Crippen molar-refractivity contribution in [2.24, 2.45) is 0 Å². The summed E-state index contributed by atoms with van der Waals surface area (Å²) in [6.45, 7) is 0.711. The number of amides is 2. The minimum Gasteiger partial charge on any atom is -0.321 e. The molecule has 0 bridgehead atoms. The van der Waals surface area contributed by atoms with Crippen molar-refractivity contribution in [2.75, 3.05) is 10.6 Å². The molecular formula is C21H8F22N2O2. The standard InChI is InChI=1S/C21H8F22N2O2/c1-5-2-3-6(44-8(46)10(22)12(24,25)16(32,33)20(40,41)17(34,35)13(10,26)27)7(4-5)45-9(47)11(23)14(28,29)18(36,37)21(42,43)19(38,39)15(11,30)31/h2-4H,1H3,(H,44,46)(H,45,47). The van der Waals surface area contributed by atoms with Gasteiger partial charge in [0.2, 0.25) is 0 Å². The molecule has 0 aromatic heterocycles. The van der Waals surface area contributed by atoms with E-state index in [1.807, 2.05) is 0 Å². The van der Waals surface area contributed by atoms with E-state index in [9.17, 15) is 97.4 Å². The number of nitrogens with one attached hydrogen (secondary N) is 2. The molecule has 2 aliphatic rings. The molecule has 0 aliphatic heterocycles. The van der Waals surface area contributed by atoms with E-state index in [0.717, 1.165) is 0 Å². The van der Waals surface area contributed by atoms with Crippen molar-refractivity contribution in [2.45, 2.75) is 77.5 Å². The van der Waals surface area contributed by atoms with Gasteiger partial charge < -0.3 is 10.6 Å². The van der Waals surface area contributed by atoms with Crippen LogP contribution in [0.2, 0.25) is 0 Å². The first-order valence-corrected chi connectivity index (χ1v) is 11.3. The molecule has 1 aromatic rings. The lowest BCUT2D eigenvalue weighted by Gasteiger charge is -2.51. The maximum absolute atomic E-state index is 15.0. The number of carbonyl (C=O) groups is 2. The highest BCUT2D eigenvalue weighted by molar-refractivity contribution is 6.06. The van der Waals surface area contributed by atoms with Crippen LogP contribution in [-0.2, 0) is 9.59 Å². The van der Waals surface area contributed by atoms with Crippen LogP contribution in [0.25, 0.3) is 0 Å². The summed E-state index contributed by atoms with van der Waals surface area (Å²) >= 11 is 0. The van der Waals surface area contributed by atoms with E-state index in [1.54, 1.807) is 0 Å². The minimum atomic E-state index is -7.86. The lowest BCUT2D eigenvalue weighted by Crippen LogP contribution is -2.86. The molecule has 47 heavy (non-hydrogen) atoms. The Labute approximate surface area is 242 Å². The zero-order chi connectivity index (χ0) is 37.4. The van der Waals surface area contributed by atoms with E-state index in [4.69, 9.17) is 0 Å². The van der Waals surface area contributed by atoms with Crippen LogP contribution in [0.15, 0.2) is 18.2 Å². The summed E-state index contributed by atoms with van der Waals surface area (Å²) < 4.78 is 307. The Morgan fingerprint density at radius 1 is 0.404 bits per heavy atom. The highest BCUT2D eigenvalue weighted by Gasteiger charge is 3.04. The lowest BCUT2D eigenvalue weighted by molar-refractivity contribution is -0.475. The highest BCUT2D eigenvalue weighted by Crippen LogP contribution is 2.71. The van der Waals surface area contributed by atoms with Gasteiger partial charge in [-0.05, 0) is 24.6 Å². The van der Waals surface area contributed by atoms with Gasteiger partial charge in [-0.15, -0.1) is 0 Å². The minimum absolute atomic E-state index is 0.0830. The van der Waals surface area contributed by atoms with E-state index in [2.05, 4.69) is 0 Å². The van der Waals surface area contributed by atoms with Gasteiger partial charge in [0.05, 0.1) is 11.4 Å². The quantitative estimate of drug-likeness (QED) is 0.312. The zero-order valence-electron chi connectivity index (χ0n) is 21.4. The number of aryl methyl sites for hydroxylation is 1. The summed E-state index contributed by atoms with van der Waals surface area (Å²) in [4.78, 5) is 24.4. The second-order valence-electron chi connectivity index (χ2n) is 10.0. The van der Waals surface area contributed by atoms with Gasteiger partial charge in [0, 0.05) is 0 Å². The van der Waals surface area contributed by atoms with Crippen LogP contribution in [0, 0.1) is 6.92 Å². The molecular weight excluding hydrogens is 730 g/mol. The fourth-order valence-electron chi connectivity index (χ4n) is 4.30. The maximum Gasteiger partial charge on any atom is 0.384 e. The van der Waals surface area contributed by atoms with Gasteiger partial charge in [-0.2, -0.15) is 87.8 Å². The van der Waals surface area contributed by atoms with E-state index in [-0.39, 0.29) is 22.8 Å². The molecule has 0 unspecified atom stereocenters. The molecule has 0 saturated heterocycles. The van der Waals surface area contributed by atoms with Gasteiger partial charge in [-0.3, -0.25) is 9.59 Å². The number of alkyl halides is 22.